The summed E-state index contributed by atoms with van der Waals surface area (Å²) < 4.78 is 0. The molecule has 0 bridgehead atoms. The summed E-state index contributed by atoms with van der Waals surface area (Å²) in [5, 5.41) is 12.3. The maximum absolute atomic E-state index is 12.2. The van der Waals surface area contributed by atoms with Crippen molar-refractivity contribution in [3.63, 3.8) is 0 Å². The lowest BCUT2D eigenvalue weighted by atomic mass is 9.98. The summed E-state index contributed by atoms with van der Waals surface area (Å²) in [5.41, 5.74) is 7.63. The third-order valence-electron chi connectivity index (χ3n) is 2.79. The summed E-state index contributed by atoms with van der Waals surface area (Å²) in [7, 11) is 0. The van der Waals surface area contributed by atoms with Gasteiger partial charge in [-0.1, -0.05) is 38.2 Å². The zero-order valence-electron chi connectivity index (χ0n) is 12.4. The second kappa shape index (κ2) is 6.41. The molecule has 21 heavy (non-hydrogen) atoms. The van der Waals surface area contributed by atoms with Crippen LogP contribution in [-0.4, -0.2) is 16.1 Å². The van der Waals surface area contributed by atoms with Gasteiger partial charge in [0.1, 0.15) is 5.01 Å². The van der Waals surface area contributed by atoms with E-state index in [0.717, 1.165) is 10.6 Å². The first-order valence-electron chi connectivity index (χ1n) is 6.29. The van der Waals surface area contributed by atoms with Gasteiger partial charge >= 0.3 is 0 Å². The number of hydrogen-bond donors (Lipinski definition) is 2. The third-order valence-corrected chi connectivity index (χ3v) is 4.06. The Balaban J connectivity index is 0.00000220. The van der Waals surface area contributed by atoms with Crippen LogP contribution in [0.15, 0.2) is 18.2 Å². The molecule has 0 saturated carbocycles. The third kappa shape index (κ3) is 4.15. The van der Waals surface area contributed by atoms with E-state index in [0.29, 0.717) is 16.4 Å². The second-order valence-electron chi connectivity index (χ2n) is 5.69. The minimum Gasteiger partial charge on any atom is -0.399 e. The largest absolute Gasteiger partial charge is 0.399 e. The minimum atomic E-state index is -0.216. The monoisotopic (exact) mass is 326 g/mol. The number of anilines is 2. The Morgan fingerprint density at radius 1 is 1.29 bits per heavy atom. The molecule has 0 saturated heterocycles. The molecule has 114 valence electrons. The molecule has 7 heteroatoms. The topological polar surface area (TPSA) is 80.9 Å². The standard InChI is InChI=1S/C14H18N4OS.ClH/c1-8-5-6-9(15)7-10(8)11(19)16-13-18-17-12(20-13)14(2,3)4;/h5-7H,15H2,1-4H3,(H,16,18,19);1H. The lowest BCUT2D eigenvalue weighted by molar-refractivity contribution is 0.102. The van der Waals surface area contributed by atoms with E-state index >= 15 is 0 Å². The summed E-state index contributed by atoms with van der Waals surface area (Å²) in [6, 6.07) is 5.26. The Labute approximate surface area is 134 Å². The van der Waals surface area contributed by atoms with E-state index in [4.69, 9.17) is 5.73 Å². The van der Waals surface area contributed by atoms with E-state index in [1.54, 1.807) is 12.1 Å². The maximum atomic E-state index is 12.2. The van der Waals surface area contributed by atoms with Crippen LogP contribution < -0.4 is 11.1 Å². The molecule has 1 amide bonds. The average Bonchev–Trinajstić information content (AvgIpc) is 2.80. The molecule has 0 spiro atoms. The Kier molecular flexibility index (Phi) is 5.31. The van der Waals surface area contributed by atoms with Gasteiger partial charge in [0, 0.05) is 16.7 Å². The fourth-order valence-electron chi connectivity index (χ4n) is 1.63. The first kappa shape index (κ1) is 17.4. The Bertz CT molecular complexity index is 649. The molecular formula is C14H19ClN4OS. The average molecular weight is 327 g/mol. The van der Waals surface area contributed by atoms with E-state index in [1.165, 1.54) is 11.3 Å². The first-order chi connectivity index (χ1) is 9.27. The Morgan fingerprint density at radius 2 is 1.95 bits per heavy atom. The number of hydrogen-bond acceptors (Lipinski definition) is 5. The van der Waals surface area contributed by atoms with Crippen LogP contribution in [0.3, 0.4) is 0 Å². The highest BCUT2D eigenvalue weighted by Gasteiger charge is 2.20. The van der Waals surface area contributed by atoms with Crippen LogP contribution in [0.1, 0.15) is 41.7 Å². The molecule has 0 aliphatic carbocycles. The van der Waals surface area contributed by atoms with E-state index in [1.807, 2.05) is 13.0 Å². The molecule has 0 unspecified atom stereocenters. The number of carbonyl (C=O) groups excluding carboxylic acids is 1. The smallest absolute Gasteiger partial charge is 0.257 e. The molecule has 2 aromatic rings. The SMILES string of the molecule is Cc1ccc(N)cc1C(=O)Nc1nnc(C(C)(C)C)s1.Cl. The van der Waals surface area contributed by atoms with E-state index in [9.17, 15) is 4.79 Å². The number of aryl methyl sites for hydroxylation is 1. The van der Waals surface area contributed by atoms with Gasteiger partial charge in [-0.15, -0.1) is 22.6 Å². The molecule has 0 radical (unpaired) electrons. The van der Waals surface area contributed by atoms with Crippen molar-refractivity contribution in [2.45, 2.75) is 33.1 Å². The summed E-state index contributed by atoms with van der Waals surface area (Å²) in [4.78, 5) is 12.2. The summed E-state index contributed by atoms with van der Waals surface area (Å²) in [6.45, 7) is 8.04. The van der Waals surface area contributed by atoms with Gasteiger partial charge in [0.25, 0.3) is 5.91 Å². The lowest BCUT2D eigenvalue weighted by Crippen LogP contribution is -2.13. The molecule has 1 heterocycles. The highest BCUT2D eigenvalue weighted by molar-refractivity contribution is 7.15. The van der Waals surface area contributed by atoms with Crippen molar-refractivity contribution in [3.05, 3.63) is 34.3 Å². The molecule has 0 fully saturated rings. The fraction of sp³-hybridized carbons (Fsp3) is 0.357. The number of nitrogens with zero attached hydrogens (tertiary/aromatic N) is 2. The number of nitrogen functional groups attached to an aromatic ring is 1. The molecule has 5 nitrogen and oxygen atoms in total. The van der Waals surface area contributed by atoms with Crippen LogP contribution in [-0.2, 0) is 5.41 Å². The molecule has 2 rings (SSSR count). The van der Waals surface area contributed by atoms with Crippen LogP contribution in [0, 0.1) is 6.92 Å². The van der Waals surface area contributed by atoms with Gasteiger partial charge < -0.3 is 5.73 Å². The van der Waals surface area contributed by atoms with Crippen molar-refractivity contribution >= 4 is 40.5 Å². The van der Waals surface area contributed by atoms with Gasteiger partial charge in [0.15, 0.2) is 0 Å². The highest BCUT2D eigenvalue weighted by atomic mass is 35.5. The number of amides is 1. The Hall–Kier alpha value is -1.66. The fourth-order valence-corrected chi connectivity index (χ4v) is 2.42. The molecule has 3 N–H and O–H groups in total. The number of aromatic nitrogens is 2. The van der Waals surface area contributed by atoms with Gasteiger partial charge in [-0.05, 0) is 24.6 Å². The normalized spacial score (nSPS) is 10.9. The number of nitrogens with two attached hydrogens (primary N) is 1. The molecule has 0 aliphatic rings. The van der Waals surface area contributed by atoms with Crippen LogP contribution in [0.25, 0.3) is 0 Å². The number of nitrogens with one attached hydrogen (secondary N) is 1. The summed E-state index contributed by atoms with van der Waals surface area (Å²) in [6.07, 6.45) is 0. The number of benzene rings is 1. The van der Waals surface area contributed by atoms with Crippen LogP contribution in [0.5, 0.6) is 0 Å². The first-order valence-corrected chi connectivity index (χ1v) is 7.10. The van der Waals surface area contributed by atoms with Crippen molar-refractivity contribution in [2.24, 2.45) is 0 Å². The van der Waals surface area contributed by atoms with Crippen molar-refractivity contribution in [1.82, 2.24) is 10.2 Å². The predicted octanol–water partition coefficient (Wildman–Crippen LogP) is 3.40. The molecule has 1 aromatic carbocycles. The number of halogens is 1. The number of rotatable bonds is 2. The van der Waals surface area contributed by atoms with Gasteiger partial charge in [0.05, 0.1) is 0 Å². The summed E-state index contributed by atoms with van der Waals surface area (Å²) >= 11 is 1.39. The van der Waals surface area contributed by atoms with Crippen molar-refractivity contribution < 1.29 is 4.79 Å². The van der Waals surface area contributed by atoms with Crippen LogP contribution in [0.2, 0.25) is 0 Å². The van der Waals surface area contributed by atoms with Gasteiger partial charge in [0.2, 0.25) is 5.13 Å². The molecule has 0 atom stereocenters. The molecule has 0 aliphatic heterocycles. The zero-order valence-corrected chi connectivity index (χ0v) is 14.1. The van der Waals surface area contributed by atoms with Gasteiger partial charge in [-0.25, -0.2) is 0 Å². The predicted molar refractivity (Wildman–Crippen MR) is 89.4 cm³/mol. The quantitative estimate of drug-likeness (QED) is 0.829. The van der Waals surface area contributed by atoms with Crippen molar-refractivity contribution in [3.8, 4) is 0 Å². The van der Waals surface area contributed by atoms with Crippen molar-refractivity contribution in [1.29, 1.82) is 0 Å². The minimum absolute atomic E-state index is 0. The zero-order chi connectivity index (χ0) is 14.9. The van der Waals surface area contributed by atoms with E-state index in [-0.39, 0.29) is 23.7 Å². The second-order valence-corrected chi connectivity index (χ2v) is 6.67. The van der Waals surface area contributed by atoms with Gasteiger partial charge in [-0.2, -0.15) is 0 Å². The summed E-state index contributed by atoms with van der Waals surface area (Å²) in [5.74, 6) is -0.216. The maximum Gasteiger partial charge on any atom is 0.257 e. The molecular weight excluding hydrogens is 308 g/mol. The van der Waals surface area contributed by atoms with Crippen molar-refractivity contribution in [2.75, 3.05) is 11.1 Å². The highest BCUT2D eigenvalue weighted by Crippen LogP contribution is 2.28. The van der Waals surface area contributed by atoms with Crippen LogP contribution in [0.4, 0.5) is 10.8 Å². The Morgan fingerprint density at radius 3 is 2.52 bits per heavy atom. The van der Waals surface area contributed by atoms with E-state index < -0.39 is 0 Å². The van der Waals surface area contributed by atoms with Crippen LogP contribution >= 0.6 is 23.7 Å². The van der Waals surface area contributed by atoms with Gasteiger partial charge in [-0.3, -0.25) is 10.1 Å². The number of carbonyl (C=O) groups is 1. The lowest BCUT2D eigenvalue weighted by Gasteiger charge is -2.12. The molecule has 1 aromatic heterocycles. The van der Waals surface area contributed by atoms with E-state index in [2.05, 4.69) is 36.3 Å².